The molecule has 1 atom stereocenters. The monoisotopic (exact) mass is 606 g/mol. The first-order valence-electron chi connectivity index (χ1n) is 13.7. The molecule has 5 rings (SSSR count). The largest absolute Gasteiger partial charge is 0.444 e. The Labute approximate surface area is 249 Å². The molecular weight excluding hydrogens is 573 g/mol. The Kier molecular flexibility index (Phi) is 8.46. The van der Waals surface area contributed by atoms with Crippen molar-refractivity contribution in [3.05, 3.63) is 66.0 Å². The molecule has 12 heteroatoms. The predicted octanol–water partition coefficient (Wildman–Crippen LogP) is 6.15. The van der Waals surface area contributed by atoms with E-state index < -0.39 is 26.8 Å². The molecule has 1 aliphatic rings. The van der Waals surface area contributed by atoms with Gasteiger partial charge in [-0.05, 0) is 82.0 Å². The fourth-order valence-electron chi connectivity index (χ4n) is 4.68. The molecule has 1 amide bonds. The summed E-state index contributed by atoms with van der Waals surface area (Å²) in [4.78, 5) is 27.4. The number of amides is 1. The molecule has 0 aliphatic carbocycles. The van der Waals surface area contributed by atoms with Crippen molar-refractivity contribution in [2.24, 2.45) is 0 Å². The van der Waals surface area contributed by atoms with Crippen LogP contribution in [-0.4, -0.2) is 58.3 Å². The molecular formula is C30H34N6O4S2. The van der Waals surface area contributed by atoms with Gasteiger partial charge in [-0.3, -0.25) is 0 Å². The Morgan fingerprint density at radius 3 is 2.48 bits per heavy atom. The number of nitrogens with two attached hydrogens (primary N) is 1. The van der Waals surface area contributed by atoms with E-state index in [4.69, 9.17) is 10.5 Å². The average Bonchev–Trinajstić information content (AvgIpc) is 3.13. The quantitative estimate of drug-likeness (QED) is 0.265. The highest BCUT2D eigenvalue weighted by molar-refractivity contribution is 7.92. The summed E-state index contributed by atoms with van der Waals surface area (Å²) in [6.07, 6.45) is 8.37. The Balaban J connectivity index is 1.18. The number of ether oxygens (including phenoxy) is 1. The van der Waals surface area contributed by atoms with Crippen LogP contribution in [0.1, 0.15) is 51.2 Å². The molecule has 3 N–H and O–H groups in total. The topological polar surface area (TPSA) is 140 Å². The molecule has 2 aromatic carbocycles. The number of anilines is 3. The number of nitrogen functional groups attached to an aromatic ring is 1. The van der Waals surface area contributed by atoms with Crippen LogP contribution in [0.3, 0.4) is 0 Å². The van der Waals surface area contributed by atoms with Crippen LogP contribution in [0.4, 0.5) is 21.6 Å². The van der Waals surface area contributed by atoms with Crippen molar-refractivity contribution in [1.82, 2.24) is 19.9 Å². The lowest BCUT2D eigenvalue weighted by Gasteiger charge is -2.26. The molecule has 0 saturated carbocycles. The van der Waals surface area contributed by atoms with Crippen LogP contribution < -0.4 is 11.1 Å². The summed E-state index contributed by atoms with van der Waals surface area (Å²) >= 11 is 1.45. The fourth-order valence-corrected chi connectivity index (χ4v) is 7.25. The number of carbonyl (C=O) groups excluding carboxylic acids is 1. The minimum Gasteiger partial charge on any atom is -0.444 e. The number of sulfone groups is 1. The minimum absolute atomic E-state index is 0.254. The minimum atomic E-state index is -3.56. The summed E-state index contributed by atoms with van der Waals surface area (Å²) in [6, 6.07) is 12.6. The molecule has 0 bridgehead atoms. The van der Waals surface area contributed by atoms with Gasteiger partial charge in [0.05, 0.1) is 20.4 Å². The standard InChI is InChI=1S/C30H34N6O4S2/c1-30(2,3)40-29(37)36-15-4-5-23(14-16-36)42(38,39)24-11-9-22(10-12-24)34-28-32-18-21(19-33-28)7-6-20-8-13-25-26(17-20)41-27(31)35-25/h6-13,17-19,23H,4-5,14-16H2,1-3H3,(H2,31,35)(H,32,33,34). The van der Waals surface area contributed by atoms with Gasteiger partial charge in [0.25, 0.3) is 0 Å². The third-order valence-electron chi connectivity index (χ3n) is 6.77. The van der Waals surface area contributed by atoms with Gasteiger partial charge in [-0.15, -0.1) is 0 Å². The van der Waals surface area contributed by atoms with E-state index in [1.54, 1.807) is 41.6 Å². The molecule has 1 aliphatic heterocycles. The van der Waals surface area contributed by atoms with E-state index in [9.17, 15) is 13.2 Å². The molecule has 2 aromatic heterocycles. The van der Waals surface area contributed by atoms with Gasteiger partial charge in [0.1, 0.15) is 5.60 Å². The zero-order valence-corrected chi connectivity index (χ0v) is 25.4. The summed E-state index contributed by atoms with van der Waals surface area (Å²) in [5.41, 5.74) is 8.61. The van der Waals surface area contributed by atoms with Gasteiger partial charge in [0.15, 0.2) is 15.0 Å². The molecule has 4 aromatic rings. The van der Waals surface area contributed by atoms with E-state index in [1.807, 2.05) is 51.1 Å². The Morgan fingerprint density at radius 1 is 1.05 bits per heavy atom. The summed E-state index contributed by atoms with van der Waals surface area (Å²) in [6.45, 7) is 6.28. The van der Waals surface area contributed by atoms with Crippen molar-refractivity contribution in [1.29, 1.82) is 0 Å². The first-order chi connectivity index (χ1) is 20.0. The maximum atomic E-state index is 13.4. The molecule has 1 unspecified atom stereocenters. The second-order valence-corrected chi connectivity index (χ2v) is 14.5. The maximum absolute atomic E-state index is 13.4. The summed E-state index contributed by atoms with van der Waals surface area (Å²) in [5, 5.41) is 3.10. The number of benzene rings is 2. The van der Waals surface area contributed by atoms with E-state index in [-0.39, 0.29) is 4.90 Å². The van der Waals surface area contributed by atoms with Gasteiger partial charge >= 0.3 is 6.09 Å². The Morgan fingerprint density at radius 2 is 1.76 bits per heavy atom. The van der Waals surface area contributed by atoms with Crippen molar-refractivity contribution in [3.63, 3.8) is 0 Å². The van der Waals surface area contributed by atoms with Crippen LogP contribution in [0.25, 0.3) is 22.4 Å². The van der Waals surface area contributed by atoms with Gasteiger partial charge in [-0.25, -0.2) is 28.2 Å². The van der Waals surface area contributed by atoms with Gasteiger partial charge in [0.2, 0.25) is 5.95 Å². The maximum Gasteiger partial charge on any atom is 0.410 e. The number of rotatable bonds is 6. The van der Waals surface area contributed by atoms with Crippen LogP contribution in [-0.2, 0) is 14.6 Å². The Hall–Kier alpha value is -4.03. The number of aromatic nitrogens is 3. The van der Waals surface area contributed by atoms with E-state index in [0.29, 0.717) is 49.1 Å². The molecule has 1 fully saturated rings. The van der Waals surface area contributed by atoms with E-state index in [1.165, 1.54) is 11.3 Å². The number of nitrogens with zero attached hydrogens (tertiary/aromatic N) is 4. The molecule has 1 saturated heterocycles. The highest BCUT2D eigenvalue weighted by Gasteiger charge is 2.32. The number of carbonyl (C=O) groups is 1. The summed E-state index contributed by atoms with van der Waals surface area (Å²) < 4.78 is 33.3. The van der Waals surface area contributed by atoms with Gasteiger partial charge < -0.3 is 20.7 Å². The van der Waals surface area contributed by atoms with Crippen LogP contribution in [0, 0.1) is 0 Å². The lowest BCUT2D eigenvalue weighted by Crippen LogP contribution is -2.37. The highest BCUT2D eigenvalue weighted by atomic mass is 32.2. The molecule has 220 valence electrons. The second-order valence-electron chi connectivity index (χ2n) is 11.2. The SMILES string of the molecule is CC(C)(C)OC(=O)N1CCCC(S(=O)(=O)c2ccc(Nc3ncc(C=Cc4ccc5nc(N)sc5c4)cn3)cc2)CC1. The first kappa shape index (κ1) is 29.5. The normalized spacial score (nSPS) is 16.5. The number of fused-ring (bicyclic) bond motifs is 1. The van der Waals surface area contributed by atoms with Crippen molar-refractivity contribution in [2.75, 3.05) is 24.1 Å². The highest BCUT2D eigenvalue weighted by Crippen LogP contribution is 2.28. The average molecular weight is 607 g/mol. The Bertz CT molecular complexity index is 1690. The third kappa shape index (κ3) is 7.24. The van der Waals surface area contributed by atoms with Crippen LogP contribution in [0.2, 0.25) is 0 Å². The van der Waals surface area contributed by atoms with Gasteiger partial charge in [-0.1, -0.05) is 29.6 Å². The molecule has 10 nitrogen and oxygen atoms in total. The van der Waals surface area contributed by atoms with Crippen molar-refractivity contribution in [3.8, 4) is 0 Å². The number of nitrogens with one attached hydrogen (secondary N) is 1. The van der Waals surface area contributed by atoms with Crippen LogP contribution >= 0.6 is 11.3 Å². The molecule has 42 heavy (non-hydrogen) atoms. The van der Waals surface area contributed by atoms with E-state index in [2.05, 4.69) is 20.3 Å². The van der Waals surface area contributed by atoms with Crippen molar-refractivity contribution >= 4 is 66.4 Å². The van der Waals surface area contributed by atoms with Crippen LogP contribution in [0.5, 0.6) is 0 Å². The summed E-state index contributed by atoms with van der Waals surface area (Å²) in [5.74, 6) is 0.398. The fraction of sp³-hybridized carbons (Fsp3) is 0.333. The van der Waals surface area contributed by atoms with E-state index >= 15 is 0 Å². The third-order valence-corrected chi connectivity index (χ3v) is 9.90. The first-order valence-corrected chi connectivity index (χ1v) is 16.1. The number of thiazole rings is 1. The number of hydrogen-bond donors (Lipinski definition) is 2. The lowest BCUT2D eigenvalue weighted by atomic mass is 10.2. The van der Waals surface area contributed by atoms with Gasteiger partial charge in [0, 0.05) is 36.7 Å². The van der Waals surface area contributed by atoms with Crippen molar-refractivity contribution < 1.29 is 17.9 Å². The number of likely N-dealkylation sites (tertiary alicyclic amines) is 1. The van der Waals surface area contributed by atoms with E-state index in [0.717, 1.165) is 21.3 Å². The zero-order valence-electron chi connectivity index (χ0n) is 23.8. The smallest absolute Gasteiger partial charge is 0.410 e. The molecule has 0 spiro atoms. The predicted molar refractivity (Wildman–Crippen MR) is 167 cm³/mol. The molecule has 0 radical (unpaired) electrons. The molecule has 3 heterocycles. The number of hydrogen-bond acceptors (Lipinski definition) is 10. The zero-order chi connectivity index (χ0) is 29.9. The van der Waals surface area contributed by atoms with Crippen molar-refractivity contribution in [2.45, 2.75) is 55.8 Å². The summed E-state index contributed by atoms with van der Waals surface area (Å²) in [7, 11) is -3.56. The second kappa shape index (κ2) is 12.1. The van der Waals surface area contributed by atoms with Crippen LogP contribution in [0.15, 0.2) is 59.8 Å². The lowest BCUT2D eigenvalue weighted by molar-refractivity contribution is 0.0257. The van der Waals surface area contributed by atoms with Gasteiger partial charge in [-0.2, -0.15) is 0 Å².